The van der Waals surface area contributed by atoms with Crippen LogP contribution in [0, 0.1) is 5.92 Å². The summed E-state index contributed by atoms with van der Waals surface area (Å²) in [5, 5.41) is 0. The molecule has 1 aromatic carbocycles. The van der Waals surface area contributed by atoms with Gasteiger partial charge in [-0.1, -0.05) is 59.4 Å². The van der Waals surface area contributed by atoms with Crippen LogP contribution in [0.4, 0.5) is 14.4 Å². The van der Waals surface area contributed by atoms with Crippen LogP contribution in [0.25, 0.3) is 0 Å². The zero-order valence-electron chi connectivity index (χ0n) is 26.4. The lowest BCUT2D eigenvalue weighted by Gasteiger charge is -2.29. The molecule has 0 aromatic heterocycles. The average molecular weight is 612 g/mol. The lowest BCUT2D eigenvalue weighted by atomic mass is 9.86. The number of carbonyl (C=O) groups excluding carboxylic acids is 4. The van der Waals surface area contributed by atoms with Crippen molar-refractivity contribution in [3.05, 3.63) is 23.8 Å². The molecule has 12 heteroatoms. The maximum absolute atomic E-state index is 12.8. The highest BCUT2D eigenvalue weighted by atomic mass is 16.7. The predicted molar refractivity (Wildman–Crippen MR) is 158 cm³/mol. The summed E-state index contributed by atoms with van der Waals surface area (Å²) in [5.74, 6) is -0.610. The predicted octanol–water partition coefficient (Wildman–Crippen LogP) is 6.49. The first kappa shape index (κ1) is 37.5. The molecule has 244 valence electrons. The van der Waals surface area contributed by atoms with E-state index in [4.69, 9.17) is 38.9 Å². The van der Waals surface area contributed by atoms with Crippen molar-refractivity contribution in [3.63, 3.8) is 0 Å². The van der Waals surface area contributed by atoms with Crippen molar-refractivity contribution in [3.8, 4) is 11.5 Å². The fourth-order valence-corrected chi connectivity index (χ4v) is 4.01. The highest BCUT2D eigenvalue weighted by molar-refractivity contribution is 5.81. The van der Waals surface area contributed by atoms with Crippen LogP contribution in [0.15, 0.2) is 18.2 Å². The number of hydrogen-bond donors (Lipinski definition) is 1. The second-order valence-corrected chi connectivity index (χ2v) is 10.8. The zero-order chi connectivity index (χ0) is 32.3. The standard InChI is InChI=1S/C31H49NO11/c1-7-9-11-16-38-29(35)42-25-14-13-24(19-26(25)43-30(36)39-17-12-10-8-2)21-31(32,27(33)37-6)20-23(5)41-28(34)40-18-15-22(3)4/h13-14,19,22-23H,7-12,15-18,20-21,32H2,1-6H3/t23-,31?/m0/s1. The van der Waals surface area contributed by atoms with E-state index in [2.05, 4.69) is 0 Å². The van der Waals surface area contributed by atoms with E-state index in [1.807, 2.05) is 27.7 Å². The van der Waals surface area contributed by atoms with Gasteiger partial charge in [0.2, 0.25) is 0 Å². The summed E-state index contributed by atoms with van der Waals surface area (Å²) in [4.78, 5) is 49.5. The van der Waals surface area contributed by atoms with Crippen molar-refractivity contribution >= 4 is 24.4 Å². The molecule has 2 atom stereocenters. The van der Waals surface area contributed by atoms with Crippen molar-refractivity contribution in [2.45, 2.75) is 104 Å². The Bertz CT molecular complexity index is 1010. The molecule has 43 heavy (non-hydrogen) atoms. The number of rotatable bonds is 19. The van der Waals surface area contributed by atoms with E-state index in [9.17, 15) is 19.2 Å². The van der Waals surface area contributed by atoms with Gasteiger partial charge in [-0.05, 0) is 49.8 Å². The minimum atomic E-state index is -1.63. The summed E-state index contributed by atoms with van der Waals surface area (Å²) < 4.78 is 36.2. The van der Waals surface area contributed by atoms with E-state index in [0.717, 1.165) is 25.7 Å². The van der Waals surface area contributed by atoms with Crippen LogP contribution < -0.4 is 15.2 Å². The van der Waals surface area contributed by atoms with E-state index in [-0.39, 0.29) is 44.2 Å². The fraction of sp³-hybridized carbons (Fsp3) is 0.677. The molecule has 2 N–H and O–H groups in total. The number of ether oxygens (including phenoxy) is 7. The topological polar surface area (TPSA) is 159 Å². The number of benzene rings is 1. The maximum atomic E-state index is 12.8. The number of unbranched alkanes of at least 4 members (excludes halogenated alkanes) is 4. The van der Waals surface area contributed by atoms with Gasteiger partial charge in [0.15, 0.2) is 11.5 Å². The van der Waals surface area contributed by atoms with Crippen LogP contribution in [0.5, 0.6) is 11.5 Å². The summed E-state index contributed by atoms with van der Waals surface area (Å²) >= 11 is 0. The number of methoxy groups -OCH3 is 1. The molecule has 1 rings (SSSR count). The van der Waals surface area contributed by atoms with Crippen LogP contribution >= 0.6 is 0 Å². The maximum Gasteiger partial charge on any atom is 0.513 e. The summed E-state index contributed by atoms with van der Waals surface area (Å²) in [6.45, 7) is 10.2. The third-order valence-corrected chi connectivity index (χ3v) is 6.31. The molecule has 0 amide bonds. The molecule has 0 aliphatic heterocycles. The number of hydrogen-bond acceptors (Lipinski definition) is 12. The molecule has 1 aromatic rings. The molecule has 0 aliphatic rings. The van der Waals surface area contributed by atoms with Crippen LogP contribution in [0.2, 0.25) is 0 Å². The Labute approximate surface area is 254 Å². The summed E-state index contributed by atoms with van der Waals surface area (Å²) in [5.41, 5.74) is 5.31. The van der Waals surface area contributed by atoms with E-state index in [1.54, 1.807) is 13.0 Å². The van der Waals surface area contributed by atoms with Gasteiger partial charge >= 0.3 is 24.4 Å². The molecular formula is C31H49NO11. The fourth-order valence-electron chi connectivity index (χ4n) is 4.01. The van der Waals surface area contributed by atoms with Crippen LogP contribution in [-0.2, 0) is 34.9 Å². The Morgan fingerprint density at radius 3 is 1.88 bits per heavy atom. The monoisotopic (exact) mass is 611 g/mol. The van der Waals surface area contributed by atoms with E-state index >= 15 is 0 Å². The largest absolute Gasteiger partial charge is 0.513 e. The van der Waals surface area contributed by atoms with Gasteiger partial charge in [0.1, 0.15) is 11.6 Å². The van der Waals surface area contributed by atoms with Crippen LogP contribution in [-0.4, -0.2) is 63.0 Å². The Kier molecular flexibility index (Phi) is 17.8. The van der Waals surface area contributed by atoms with Crippen molar-refractivity contribution < 1.29 is 52.3 Å². The molecule has 0 fully saturated rings. The Hall–Kier alpha value is -3.54. The SMILES string of the molecule is CCCCCOC(=O)Oc1ccc(CC(N)(C[C@H](C)OC(=O)OCCC(C)C)C(=O)OC)cc1OC(=O)OCCCCC. The van der Waals surface area contributed by atoms with Crippen LogP contribution in [0.1, 0.15) is 91.5 Å². The molecule has 0 bridgehead atoms. The van der Waals surface area contributed by atoms with E-state index in [0.29, 0.717) is 30.7 Å². The first-order valence-corrected chi connectivity index (χ1v) is 15.0. The van der Waals surface area contributed by atoms with Crippen molar-refractivity contribution in [2.24, 2.45) is 11.7 Å². The summed E-state index contributed by atoms with van der Waals surface area (Å²) in [6.07, 6.45) is 1.90. The van der Waals surface area contributed by atoms with Gasteiger partial charge < -0.3 is 38.9 Å². The Morgan fingerprint density at radius 2 is 1.35 bits per heavy atom. The third kappa shape index (κ3) is 15.5. The highest BCUT2D eigenvalue weighted by Gasteiger charge is 2.38. The average Bonchev–Trinajstić information content (AvgIpc) is 2.94. The van der Waals surface area contributed by atoms with E-state index in [1.165, 1.54) is 19.2 Å². The third-order valence-electron chi connectivity index (χ3n) is 6.31. The van der Waals surface area contributed by atoms with Gasteiger partial charge in [0, 0.05) is 12.8 Å². The second-order valence-electron chi connectivity index (χ2n) is 10.8. The van der Waals surface area contributed by atoms with E-state index < -0.39 is 36.1 Å². The second kappa shape index (κ2) is 20.4. The minimum absolute atomic E-state index is 0.0868. The highest BCUT2D eigenvalue weighted by Crippen LogP contribution is 2.32. The van der Waals surface area contributed by atoms with Gasteiger partial charge in [0.05, 0.1) is 26.9 Å². The van der Waals surface area contributed by atoms with Crippen molar-refractivity contribution in [1.29, 1.82) is 0 Å². The van der Waals surface area contributed by atoms with Gasteiger partial charge in [-0.15, -0.1) is 0 Å². The molecule has 0 aliphatic carbocycles. The van der Waals surface area contributed by atoms with Gasteiger partial charge in [-0.25, -0.2) is 14.4 Å². The Morgan fingerprint density at radius 1 is 0.791 bits per heavy atom. The lowest BCUT2D eigenvalue weighted by Crippen LogP contribution is -2.53. The quantitative estimate of drug-likeness (QED) is 0.0785. The van der Waals surface area contributed by atoms with Crippen molar-refractivity contribution in [1.82, 2.24) is 0 Å². The normalized spacial score (nSPS) is 12.9. The molecule has 0 heterocycles. The smallest absolute Gasteiger partial charge is 0.468 e. The van der Waals surface area contributed by atoms with Gasteiger partial charge in [0.25, 0.3) is 0 Å². The molecule has 12 nitrogen and oxygen atoms in total. The first-order valence-electron chi connectivity index (χ1n) is 15.0. The lowest BCUT2D eigenvalue weighted by molar-refractivity contribution is -0.148. The van der Waals surface area contributed by atoms with Gasteiger partial charge in [-0.3, -0.25) is 4.79 Å². The molecule has 0 saturated heterocycles. The molecule has 0 spiro atoms. The minimum Gasteiger partial charge on any atom is -0.468 e. The molecular weight excluding hydrogens is 562 g/mol. The van der Waals surface area contributed by atoms with Crippen LogP contribution in [0.3, 0.4) is 0 Å². The summed E-state index contributed by atoms with van der Waals surface area (Å²) in [6, 6.07) is 4.35. The molecule has 1 unspecified atom stereocenters. The first-order chi connectivity index (χ1) is 20.4. The van der Waals surface area contributed by atoms with Gasteiger partial charge in [-0.2, -0.15) is 0 Å². The molecule has 0 saturated carbocycles. The number of nitrogens with two attached hydrogens (primary N) is 1. The summed E-state index contributed by atoms with van der Waals surface area (Å²) in [7, 11) is 1.20. The Balaban J connectivity index is 3.10. The number of carbonyl (C=O) groups is 4. The zero-order valence-corrected chi connectivity index (χ0v) is 26.4. The molecule has 0 radical (unpaired) electrons. The number of esters is 1. The van der Waals surface area contributed by atoms with Crippen molar-refractivity contribution in [2.75, 3.05) is 26.9 Å².